The molecular weight excluding hydrogens is 404 g/mol. The Morgan fingerprint density at radius 2 is 1.94 bits per heavy atom. The van der Waals surface area contributed by atoms with Crippen LogP contribution in [0.15, 0.2) is 65.5 Å². The van der Waals surface area contributed by atoms with Crippen LogP contribution in [-0.2, 0) is 17.6 Å². The fraction of sp³-hybridized carbons (Fsp3) is 0.320. The lowest BCUT2D eigenvalue weighted by molar-refractivity contribution is 0.0322. The highest BCUT2D eigenvalue weighted by Gasteiger charge is 2.11. The number of oxazole rings is 1. The first-order valence-corrected chi connectivity index (χ1v) is 11.0. The Bertz CT molecular complexity index is 1140. The molecule has 1 aromatic carbocycles. The van der Waals surface area contributed by atoms with Gasteiger partial charge in [-0.25, -0.2) is 4.98 Å². The number of hydrogen-bond donors (Lipinski definition) is 0. The maximum atomic E-state index is 5.87. The zero-order valence-electron chi connectivity index (χ0n) is 17.9. The summed E-state index contributed by atoms with van der Waals surface area (Å²) < 4.78 is 17.1. The molecule has 0 atom stereocenters. The van der Waals surface area contributed by atoms with Gasteiger partial charge in [-0.15, -0.1) is 0 Å². The normalized spacial score (nSPS) is 14.6. The Kier molecular flexibility index (Phi) is 6.37. The zero-order valence-corrected chi connectivity index (χ0v) is 17.9. The topological polar surface area (TPSA) is 73.5 Å². The van der Waals surface area contributed by atoms with Crippen LogP contribution in [0.25, 0.3) is 22.6 Å². The molecule has 164 valence electrons. The van der Waals surface area contributed by atoms with Crippen LogP contribution in [0.1, 0.15) is 11.3 Å². The summed E-state index contributed by atoms with van der Waals surface area (Å²) in [6.07, 6.45) is 7.05. The number of rotatable bonds is 8. The second-order valence-corrected chi connectivity index (χ2v) is 7.85. The summed E-state index contributed by atoms with van der Waals surface area (Å²) in [5.74, 6) is 1.41. The van der Waals surface area contributed by atoms with E-state index in [1.165, 1.54) is 5.56 Å². The Labute approximate surface area is 187 Å². The first-order chi connectivity index (χ1) is 15.8. The van der Waals surface area contributed by atoms with E-state index in [2.05, 4.69) is 32.0 Å². The van der Waals surface area contributed by atoms with E-state index in [1.54, 1.807) is 12.4 Å². The number of ether oxygens (including phenoxy) is 2. The van der Waals surface area contributed by atoms with E-state index >= 15 is 0 Å². The van der Waals surface area contributed by atoms with Crippen molar-refractivity contribution in [2.75, 3.05) is 39.5 Å². The standard InChI is InChI=1S/C25H26N4O3/c1-2-20(17-26-9-1)25-28-23-16-19(4-8-24(23)32-25)3-5-21-6-7-22(18-27-21)31-15-12-29-10-13-30-14-11-29/h1-2,4,6-9,16-18H,3,5,10-15H2. The molecule has 7 nitrogen and oxygen atoms in total. The molecule has 7 heteroatoms. The molecule has 32 heavy (non-hydrogen) atoms. The molecule has 1 fully saturated rings. The van der Waals surface area contributed by atoms with Crippen molar-refractivity contribution >= 4 is 11.1 Å². The Morgan fingerprint density at radius 1 is 1.00 bits per heavy atom. The van der Waals surface area contributed by atoms with Gasteiger partial charge in [0.25, 0.3) is 0 Å². The number of nitrogens with zero attached hydrogens (tertiary/aromatic N) is 4. The predicted molar refractivity (Wildman–Crippen MR) is 122 cm³/mol. The summed E-state index contributed by atoms with van der Waals surface area (Å²) in [5.41, 5.74) is 4.77. The molecule has 0 unspecified atom stereocenters. The maximum Gasteiger partial charge on any atom is 0.228 e. The van der Waals surface area contributed by atoms with Gasteiger partial charge in [-0.1, -0.05) is 6.07 Å². The summed E-state index contributed by atoms with van der Waals surface area (Å²) in [6, 6.07) is 14.0. The van der Waals surface area contributed by atoms with Crippen LogP contribution in [0.2, 0.25) is 0 Å². The van der Waals surface area contributed by atoms with E-state index in [0.717, 1.165) is 73.8 Å². The maximum absolute atomic E-state index is 5.87. The van der Waals surface area contributed by atoms with Gasteiger partial charge >= 0.3 is 0 Å². The van der Waals surface area contributed by atoms with Gasteiger partial charge in [0.15, 0.2) is 5.58 Å². The summed E-state index contributed by atoms with van der Waals surface area (Å²) in [4.78, 5) is 15.7. The lowest BCUT2D eigenvalue weighted by atomic mass is 10.1. The van der Waals surface area contributed by atoms with Crippen molar-refractivity contribution in [3.8, 4) is 17.2 Å². The Hall–Kier alpha value is -3.29. The minimum absolute atomic E-state index is 0.594. The van der Waals surface area contributed by atoms with Crippen molar-refractivity contribution < 1.29 is 13.9 Å². The molecule has 0 saturated carbocycles. The smallest absolute Gasteiger partial charge is 0.228 e. The van der Waals surface area contributed by atoms with Gasteiger partial charge in [0.1, 0.15) is 17.9 Å². The molecule has 0 spiro atoms. The van der Waals surface area contributed by atoms with Gasteiger partial charge in [-0.2, -0.15) is 0 Å². The molecular formula is C25H26N4O3. The van der Waals surface area contributed by atoms with Crippen LogP contribution in [0.3, 0.4) is 0 Å². The molecule has 0 aliphatic carbocycles. The van der Waals surface area contributed by atoms with Gasteiger partial charge in [0.05, 0.1) is 25.0 Å². The second-order valence-electron chi connectivity index (χ2n) is 7.85. The zero-order chi connectivity index (χ0) is 21.6. The third-order valence-electron chi connectivity index (χ3n) is 5.61. The van der Waals surface area contributed by atoms with Crippen molar-refractivity contribution in [2.24, 2.45) is 0 Å². The Balaban J connectivity index is 1.14. The second kappa shape index (κ2) is 9.89. The summed E-state index contributed by atoms with van der Waals surface area (Å²) in [6.45, 7) is 5.16. The SMILES string of the molecule is c1cncc(-c2nc3cc(CCc4ccc(OCCN5CCOCC5)cn4)ccc3o2)c1. The van der Waals surface area contributed by atoms with E-state index in [0.29, 0.717) is 12.5 Å². The number of hydrogen-bond acceptors (Lipinski definition) is 7. The van der Waals surface area contributed by atoms with Gasteiger partial charge in [-0.05, 0) is 54.8 Å². The minimum Gasteiger partial charge on any atom is -0.491 e. The van der Waals surface area contributed by atoms with Crippen molar-refractivity contribution in [1.82, 2.24) is 19.9 Å². The molecule has 4 aromatic rings. The quantitative estimate of drug-likeness (QED) is 0.421. The molecule has 1 aliphatic heterocycles. The van der Waals surface area contributed by atoms with Gasteiger partial charge in [-0.3, -0.25) is 14.9 Å². The van der Waals surface area contributed by atoms with Crippen molar-refractivity contribution in [2.45, 2.75) is 12.8 Å². The fourth-order valence-corrected chi connectivity index (χ4v) is 3.78. The van der Waals surface area contributed by atoms with E-state index in [1.807, 2.05) is 36.5 Å². The summed E-state index contributed by atoms with van der Waals surface area (Å²) in [5, 5.41) is 0. The van der Waals surface area contributed by atoms with E-state index in [-0.39, 0.29) is 0 Å². The van der Waals surface area contributed by atoms with E-state index < -0.39 is 0 Å². The third kappa shape index (κ3) is 5.12. The monoisotopic (exact) mass is 430 g/mol. The highest BCUT2D eigenvalue weighted by Crippen LogP contribution is 2.24. The van der Waals surface area contributed by atoms with Gasteiger partial charge in [0.2, 0.25) is 5.89 Å². The minimum atomic E-state index is 0.594. The highest BCUT2D eigenvalue weighted by molar-refractivity contribution is 5.76. The molecule has 0 bridgehead atoms. The van der Waals surface area contributed by atoms with Crippen LogP contribution in [0.5, 0.6) is 5.75 Å². The average Bonchev–Trinajstić information content (AvgIpc) is 3.28. The van der Waals surface area contributed by atoms with Crippen LogP contribution >= 0.6 is 0 Å². The summed E-state index contributed by atoms with van der Waals surface area (Å²) >= 11 is 0. The van der Waals surface area contributed by atoms with Crippen LogP contribution in [-0.4, -0.2) is 59.3 Å². The third-order valence-corrected chi connectivity index (χ3v) is 5.61. The number of fused-ring (bicyclic) bond motifs is 1. The molecule has 3 aromatic heterocycles. The predicted octanol–water partition coefficient (Wildman–Crippen LogP) is 3.78. The van der Waals surface area contributed by atoms with Crippen molar-refractivity contribution in [1.29, 1.82) is 0 Å². The number of benzene rings is 1. The molecule has 4 heterocycles. The average molecular weight is 431 g/mol. The first kappa shape index (κ1) is 20.6. The number of aromatic nitrogens is 3. The molecule has 5 rings (SSSR count). The lowest BCUT2D eigenvalue weighted by Gasteiger charge is -2.26. The largest absolute Gasteiger partial charge is 0.491 e. The molecule has 0 radical (unpaired) electrons. The summed E-state index contributed by atoms with van der Waals surface area (Å²) in [7, 11) is 0. The van der Waals surface area contributed by atoms with Crippen LogP contribution < -0.4 is 4.74 Å². The van der Waals surface area contributed by atoms with E-state index in [4.69, 9.17) is 13.9 Å². The van der Waals surface area contributed by atoms with Crippen molar-refractivity contribution in [3.05, 3.63) is 72.3 Å². The molecule has 1 saturated heterocycles. The van der Waals surface area contributed by atoms with Crippen molar-refractivity contribution in [3.63, 3.8) is 0 Å². The lowest BCUT2D eigenvalue weighted by Crippen LogP contribution is -2.38. The number of aryl methyl sites for hydroxylation is 2. The number of morpholine rings is 1. The van der Waals surface area contributed by atoms with E-state index in [9.17, 15) is 0 Å². The highest BCUT2D eigenvalue weighted by atomic mass is 16.5. The van der Waals surface area contributed by atoms with Crippen LogP contribution in [0, 0.1) is 0 Å². The molecule has 0 amide bonds. The molecule has 1 aliphatic rings. The fourth-order valence-electron chi connectivity index (χ4n) is 3.78. The molecule has 0 N–H and O–H groups in total. The Morgan fingerprint density at radius 3 is 2.75 bits per heavy atom. The van der Waals surface area contributed by atoms with Gasteiger partial charge < -0.3 is 13.9 Å². The number of pyridine rings is 2. The van der Waals surface area contributed by atoms with Gasteiger partial charge in [0, 0.05) is 37.7 Å². The van der Waals surface area contributed by atoms with Crippen LogP contribution in [0.4, 0.5) is 0 Å². The first-order valence-electron chi connectivity index (χ1n) is 11.0.